The number of nitrogens with one attached hydrogen (secondary N) is 1. The fraction of sp³-hybridized carbons (Fsp3) is 0.462. The van der Waals surface area contributed by atoms with Gasteiger partial charge in [0, 0.05) is 42.7 Å². The topological polar surface area (TPSA) is 75.5 Å². The van der Waals surface area contributed by atoms with Crippen LogP contribution in [0.5, 0.6) is 0 Å². The van der Waals surface area contributed by atoms with E-state index in [2.05, 4.69) is 26.1 Å². The molecule has 1 N–H and O–H groups in total. The Kier molecular flexibility index (Phi) is 4.59. The number of carbonyl (C=O) groups excluding carboxylic acids is 1. The van der Waals surface area contributed by atoms with E-state index in [0.717, 1.165) is 36.1 Å². The van der Waals surface area contributed by atoms with Gasteiger partial charge in [-0.25, -0.2) is 0 Å². The lowest BCUT2D eigenvalue weighted by molar-refractivity contribution is -0.384. The van der Waals surface area contributed by atoms with Crippen LogP contribution in [-0.4, -0.2) is 30.0 Å². The van der Waals surface area contributed by atoms with E-state index < -0.39 is 4.92 Å². The molecule has 1 amide bonds. The number of amides is 1. The number of halogens is 1. The van der Waals surface area contributed by atoms with Crippen LogP contribution in [0, 0.1) is 10.1 Å². The number of non-ortho nitro benzene ring substituents is 1. The maximum Gasteiger partial charge on any atom is 0.270 e. The van der Waals surface area contributed by atoms with E-state index >= 15 is 0 Å². The quantitative estimate of drug-likeness (QED) is 0.676. The van der Waals surface area contributed by atoms with E-state index in [1.165, 1.54) is 19.1 Å². The smallest absolute Gasteiger partial charge is 0.270 e. The molecule has 1 aliphatic heterocycles. The molecule has 1 aromatic carbocycles. The predicted octanol–water partition coefficient (Wildman–Crippen LogP) is 2.46. The molecular weight excluding hydrogens is 326 g/mol. The van der Waals surface area contributed by atoms with Gasteiger partial charge in [-0.3, -0.25) is 14.9 Å². The van der Waals surface area contributed by atoms with Crippen LogP contribution < -0.4 is 10.2 Å². The monoisotopic (exact) mass is 341 g/mol. The summed E-state index contributed by atoms with van der Waals surface area (Å²) in [6.07, 6.45) is 1.76. The van der Waals surface area contributed by atoms with E-state index in [0.29, 0.717) is 0 Å². The van der Waals surface area contributed by atoms with E-state index in [1.807, 2.05) is 0 Å². The van der Waals surface area contributed by atoms with Gasteiger partial charge in [-0.05, 0) is 34.8 Å². The Hall–Kier alpha value is -1.63. The first kappa shape index (κ1) is 14.8. The van der Waals surface area contributed by atoms with Crippen LogP contribution in [0.15, 0.2) is 22.7 Å². The molecule has 1 saturated heterocycles. The molecular formula is C13H16BrN3O3. The number of nitro benzene ring substituents is 1. The minimum Gasteiger partial charge on any atom is -0.370 e. The zero-order chi connectivity index (χ0) is 14.7. The third kappa shape index (κ3) is 3.47. The summed E-state index contributed by atoms with van der Waals surface area (Å²) in [6, 6.07) is 5.02. The fourth-order valence-corrected chi connectivity index (χ4v) is 3.04. The molecule has 0 bridgehead atoms. The van der Waals surface area contributed by atoms with Gasteiger partial charge in [-0.2, -0.15) is 0 Å². The average Bonchev–Trinajstić information content (AvgIpc) is 2.39. The Labute approximate surface area is 125 Å². The molecule has 1 fully saturated rings. The lowest BCUT2D eigenvalue weighted by Crippen LogP contribution is -2.44. The van der Waals surface area contributed by atoms with E-state index in [4.69, 9.17) is 0 Å². The van der Waals surface area contributed by atoms with Gasteiger partial charge in [-0.1, -0.05) is 0 Å². The zero-order valence-electron chi connectivity index (χ0n) is 11.1. The van der Waals surface area contributed by atoms with Gasteiger partial charge >= 0.3 is 0 Å². The number of piperidine rings is 1. The van der Waals surface area contributed by atoms with Crippen molar-refractivity contribution in [2.24, 2.45) is 0 Å². The number of anilines is 1. The maximum atomic E-state index is 11.0. The minimum absolute atomic E-state index is 0.0000311. The Balaban J connectivity index is 2.03. The molecule has 1 aromatic rings. The number of hydrogen-bond acceptors (Lipinski definition) is 4. The van der Waals surface area contributed by atoms with E-state index in [9.17, 15) is 14.9 Å². The summed E-state index contributed by atoms with van der Waals surface area (Å²) in [5, 5.41) is 13.6. The van der Waals surface area contributed by atoms with Gasteiger partial charge in [0.05, 0.1) is 10.6 Å². The average molecular weight is 342 g/mol. The number of nitrogens with zero attached hydrogens (tertiary/aromatic N) is 2. The van der Waals surface area contributed by atoms with Crippen LogP contribution in [0.4, 0.5) is 11.4 Å². The fourth-order valence-electron chi connectivity index (χ4n) is 2.42. The van der Waals surface area contributed by atoms with Crippen molar-refractivity contribution in [1.82, 2.24) is 5.32 Å². The van der Waals surface area contributed by atoms with Crippen LogP contribution >= 0.6 is 15.9 Å². The highest BCUT2D eigenvalue weighted by molar-refractivity contribution is 9.10. The van der Waals surface area contributed by atoms with Crippen LogP contribution in [-0.2, 0) is 4.79 Å². The summed E-state index contributed by atoms with van der Waals surface area (Å²) in [4.78, 5) is 23.5. The summed E-state index contributed by atoms with van der Waals surface area (Å²) >= 11 is 3.39. The van der Waals surface area contributed by atoms with Crippen molar-refractivity contribution in [3.8, 4) is 0 Å². The van der Waals surface area contributed by atoms with Crippen LogP contribution in [0.3, 0.4) is 0 Å². The second-order valence-electron chi connectivity index (χ2n) is 4.85. The van der Waals surface area contributed by atoms with Crippen molar-refractivity contribution in [3.05, 3.63) is 32.8 Å². The Morgan fingerprint density at radius 3 is 2.60 bits per heavy atom. The first-order chi connectivity index (χ1) is 9.47. The number of hydrogen-bond donors (Lipinski definition) is 1. The molecule has 0 aliphatic carbocycles. The van der Waals surface area contributed by atoms with Crippen LogP contribution in [0.2, 0.25) is 0 Å². The van der Waals surface area contributed by atoms with Crippen molar-refractivity contribution >= 4 is 33.2 Å². The maximum absolute atomic E-state index is 11.0. The molecule has 0 spiro atoms. The standard InChI is InChI=1S/C13H16BrN3O3/c1-9(18)15-10-4-6-16(7-5-10)13-3-2-11(17(19)20)8-12(13)14/h2-3,8,10H,4-7H2,1H3,(H,15,18). The van der Waals surface area contributed by atoms with Crippen LogP contribution in [0.1, 0.15) is 19.8 Å². The highest BCUT2D eigenvalue weighted by atomic mass is 79.9. The van der Waals surface area contributed by atoms with Gasteiger partial charge in [0.2, 0.25) is 5.91 Å². The summed E-state index contributed by atoms with van der Waals surface area (Å²) in [5.41, 5.74) is 1.03. The molecule has 0 unspecified atom stereocenters. The van der Waals surface area contributed by atoms with Gasteiger partial charge in [0.15, 0.2) is 0 Å². The normalized spacial score (nSPS) is 16.0. The summed E-state index contributed by atoms with van der Waals surface area (Å²) in [5.74, 6) is -0.0000311. The lowest BCUT2D eigenvalue weighted by atomic mass is 10.0. The summed E-state index contributed by atoms with van der Waals surface area (Å²) in [7, 11) is 0. The number of carbonyl (C=O) groups is 1. The largest absolute Gasteiger partial charge is 0.370 e. The first-order valence-corrected chi connectivity index (χ1v) is 7.22. The molecule has 1 heterocycles. The summed E-state index contributed by atoms with van der Waals surface area (Å²) in [6.45, 7) is 3.17. The minimum atomic E-state index is -0.405. The lowest BCUT2D eigenvalue weighted by Gasteiger charge is -2.34. The highest BCUT2D eigenvalue weighted by Gasteiger charge is 2.22. The van der Waals surface area contributed by atoms with E-state index in [1.54, 1.807) is 6.07 Å². The molecule has 20 heavy (non-hydrogen) atoms. The van der Waals surface area contributed by atoms with E-state index in [-0.39, 0.29) is 17.6 Å². The highest BCUT2D eigenvalue weighted by Crippen LogP contribution is 2.31. The SMILES string of the molecule is CC(=O)NC1CCN(c2ccc([N+](=O)[O-])cc2Br)CC1. The summed E-state index contributed by atoms with van der Waals surface area (Å²) < 4.78 is 0.727. The van der Waals surface area contributed by atoms with Crippen LogP contribution in [0.25, 0.3) is 0 Å². The Morgan fingerprint density at radius 1 is 1.45 bits per heavy atom. The van der Waals surface area contributed by atoms with Crippen molar-refractivity contribution in [2.45, 2.75) is 25.8 Å². The van der Waals surface area contributed by atoms with Gasteiger partial charge in [0.1, 0.15) is 0 Å². The zero-order valence-corrected chi connectivity index (χ0v) is 12.7. The molecule has 0 aromatic heterocycles. The molecule has 108 valence electrons. The second-order valence-corrected chi connectivity index (χ2v) is 5.71. The predicted molar refractivity (Wildman–Crippen MR) is 79.8 cm³/mol. The molecule has 0 radical (unpaired) electrons. The van der Waals surface area contributed by atoms with Crippen molar-refractivity contribution in [2.75, 3.05) is 18.0 Å². The van der Waals surface area contributed by atoms with Crippen molar-refractivity contribution in [1.29, 1.82) is 0 Å². The first-order valence-electron chi connectivity index (χ1n) is 6.43. The molecule has 6 nitrogen and oxygen atoms in total. The third-order valence-electron chi connectivity index (χ3n) is 3.39. The number of benzene rings is 1. The molecule has 7 heteroatoms. The molecule has 2 rings (SSSR count). The second kappa shape index (κ2) is 6.21. The van der Waals surface area contributed by atoms with Gasteiger partial charge in [0.25, 0.3) is 5.69 Å². The molecule has 0 saturated carbocycles. The molecule has 0 atom stereocenters. The van der Waals surface area contributed by atoms with Gasteiger partial charge in [-0.15, -0.1) is 0 Å². The molecule has 1 aliphatic rings. The van der Waals surface area contributed by atoms with Crippen molar-refractivity contribution in [3.63, 3.8) is 0 Å². The number of nitro groups is 1. The van der Waals surface area contributed by atoms with Crippen molar-refractivity contribution < 1.29 is 9.72 Å². The Bertz CT molecular complexity index is 528. The Morgan fingerprint density at radius 2 is 2.10 bits per heavy atom. The van der Waals surface area contributed by atoms with Gasteiger partial charge < -0.3 is 10.2 Å². The third-order valence-corrected chi connectivity index (χ3v) is 4.02. The number of rotatable bonds is 3.